The average molecular weight is 323 g/mol. The van der Waals surface area contributed by atoms with Crippen LogP contribution in [0.5, 0.6) is 0 Å². The molecule has 3 N–H and O–H groups in total. The molecule has 8 nitrogen and oxygen atoms in total. The van der Waals surface area contributed by atoms with Crippen LogP contribution in [0.15, 0.2) is 34.4 Å². The molecule has 0 saturated heterocycles. The number of carbonyl (C=O) groups excluding carboxylic acids is 1. The van der Waals surface area contributed by atoms with Gasteiger partial charge in [0.1, 0.15) is 5.76 Å². The highest BCUT2D eigenvalue weighted by atomic mass is 16.5. The SMILES string of the molecule is CC1=C(C(=O)OCC(=O)O)C2CC=C(OCC(=O)O)C2=C(C)N1. The summed E-state index contributed by atoms with van der Waals surface area (Å²) in [6.45, 7) is 2.31. The number of esters is 1. The summed E-state index contributed by atoms with van der Waals surface area (Å²) < 4.78 is 10.0. The van der Waals surface area contributed by atoms with Crippen LogP contribution in [0.1, 0.15) is 20.3 Å². The Hall–Kier alpha value is -2.77. The van der Waals surface area contributed by atoms with Gasteiger partial charge in [0, 0.05) is 22.9 Å². The first-order valence-corrected chi connectivity index (χ1v) is 6.93. The van der Waals surface area contributed by atoms with Gasteiger partial charge >= 0.3 is 17.9 Å². The number of nitrogens with one attached hydrogen (secondary N) is 1. The van der Waals surface area contributed by atoms with E-state index in [-0.39, 0.29) is 5.92 Å². The molecule has 2 aliphatic rings. The Balaban J connectivity index is 2.19. The molecule has 0 aromatic heterocycles. The largest absolute Gasteiger partial charge is 0.482 e. The van der Waals surface area contributed by atoms with Crippen molar-refractivity contribution in [3.63, 3.8) is 0 Å². The molecule has 23 heavy (non-hydrogen) atoms. The first-order valence-electron chi connectivity index (χ1n) is 6.93. The lowest BCUT2D eigenvalue weighted by Crippen LogP contribution is -2.30. The molecule has 1 aliphatic carbocycles. The van der Waals surface area contributed by atoms with Crippen LogP contribution in [-0.2, 0) is 23.9 Å². The fraction of sp³-hybridized carbons (Fsp3) is 0.400. The van der Waals surface area contributed by atoms with E-state index in [9.17, 15) is 14.4 Å². The van der Waals surface area contributed by atoms with Gasteiger partial charge in [-0.2, -0.15) is 0 Å². The number of carbonyl (C=O) groups is 3. The predicted octanol–water partition coefficient (Wildman–Crippen LogP) is 0.770. The van der Waals surface area contributed by atoms with Crippen molar-refractivity contribution in [2.45, 2.75) is 20.3 Å². The summed E-state index contributed by atoms with van der Waals surface area (Å²) in [5.41, 5.74) is 2.37. The Kier molecular flexibility index (Phi) is 4.73. The van der Waals surface area contributed by atoms with Gasteiger partial charge in [-0.1, -0.05) is 0 Å². The number of dihydropyridines is 1. The third-order valence-electron chi connectivity index (χ3n) is 3.58. The summed E-state index contributed by atoms with van der Waals surface area (Å²) in [6, 6.07) is 0. The van der Waals surface area contributed by atoms with E-state index >= 15 is 0 Å². The van der Waals surface area contributed by atoms with E-state index < -0.39 is 31.1 Å². The number of carboxylic acid groups (broad SMARTS) is 2. The number of fused-ring (bicyclic) bond motifs is 1. The number of rotatable bonds is 6. The standard InChI is InChI=1S/C15H17NO7/c1-7-13-9(3-4-10(13)22-5-11(17)18)14(8(2)16-7)15(21)23-6-12(19)20/h4,9,16H,3,5-6H2,1-2H3,(H,17,18)(H,19,20). The molecule has 1 aliphatic heterocycles. The molecule has 0 amide bonds. The van der Waals surface area contributed by atoms with Gasteiger partial charge < -0.3 is 25.0 Å². The molecule has 0 fully saturated rings. The van der Waals surface area contributed by atoms with Crippen molar-refractivity contribution in [3.8, 4) is 0 Å². The summed E-state index contributed by atoms with van der Waals surface area (Å²) in [4.78, 5) is 33.4. The van der Waals surface area contributed by atoms with Crippen LogP contribution >= 0.6 is 0 Å². The van der Waals surface area contributed by atoms with E-state index in [4.69, 9.17) is 19.7 Å². The summed E-state index contributed by atoms with van der Waals surface area (Å²) in [5, 5.41) is 20.4. The Morgan fingerprint density at radius 1 is 1.17 bits per heavy atom. The third kappa shape index (κ3) is 3.53. The fourth-order valence-corrected chi connectivity index (χ4v) is 2.79. The topological polar surface area (TPSA) is 122 Å². The summed E-state index contributed by atoms with van der Waals surface area (Å²) in [7, 11) is 0. The number of ether oxygens (including phenoxy) is 2. The van der Waals surface area contributed by atoms with Gasteiger partial charge in [0.2, 0.25) is 0 Å². The monoisotopic (exact) mass is 323 g/mol. The maximum atomic E-state index is 12.2. The smallest absolute Gasteiger partial charge is 0.341 e. The summed E-state index contributed by atoms with van der Waals surface area (Å²) in [5.74, 6) is -2.95. The van der Waals surface area contributed by atoms with Gasteiger partial charge in [-0.15, -0.1) is 0 Å². The number of carboxylic acids is 2. The molecular weight excluding hydrogens is 306 g/mol. The van der Waals surface area contributed by atoms with Gasteiger partial charge in [-0.05, 0) is 26.3 Å². The van der Waals surface area contributed by atoms with E-state index in [0.717, 1.165) is 5.70 Å². The Morgan fingerprint density at radius 3 is 2.43 bits per heavy atom. The molecule has 0 aromatic carbocycles. The molecule has 2 rings (SSSR count). The van der Waals surface area contributed by atoms with Crippen LogP contribution < -0.4 is 5.32 Å². The predicted molar refractivity (Wildman–Crippen MR) is 76.9 cm³/mol. The second kappa shape index (κ2) is 6.55. The average Bonchev–Trinajstić information content (AvgIpc) is 2.87. The van der Waals surface area contributed by atoms with Crippen molar-refractivity contribution in [1.82, 2.24) is 5.32 Å². The highest BCUT2D eigenvalue weighted by molar-refractivity contribution is 5.92. The number of hydrogen-bond donors (Lipinski definition) is 3. The first kappa shape index (κ1) is 16.6. The van der Waals surface area contributed by atoms with E-state index in [1.165, 1.54) is 0 Å². The van der Waals surface area contributed by atoms with Crippen molar-refractivity contribution in [2.24, 2.45) is 5.92 Å². The Bertz CT molecular complexity index is 657. The lowest BCUT2D eigenvalue weighted by molar-refractivity contribution is -0.152. The first-order chi connectivity index (χ1) is 10.8. The van der Waals surface area contributed by atoms with Crippen molar-refractivity contribution in [1.29, 1.82) is 0 Å². The van der Waals surface area contributed by atoms with E-state index in [2.05, 4.69) is 5.32 Å². The van der Waals surface area contributed by atoms with Gasteiger partial charge in [-0.25, -0.2) is 14.4 Å². The normalized spacial score (nSPS) is 19.7. The zero-order valence-corrected chi connectivity index (χ0v) is 12.7. The summed E-state index contributed by atoms with van der Waals surface area (Å²) in [6.07, 6.45) is 2.18. The van der Waals surface area contributed by atoms with Crippen LogP contribution in [0.2, 0.25) is 0 Å². The second-order valence-corrected chi connectivity index (χ2v) is 5.21. The number of allylic oxidation sites excluding steroid dienone is 4. The second-order valence-electron chi connectivity index (χ2n) is 5.21. The molecule has 124 valence electrons. The molecular formula is C15H17NO7. The van der Waals surface area contributed by atoms with Crippen LogP contribution in [0.4, 0.5) is 0 Å². The quantitative estimate of drug-likeness (QED) is 0.613. The number of hydrogen-bond acceptors (Lipinski definition) is 6. The maximum Gasteiger partial charge on any atom is 0.341 e. The maximum absolute atomic E-state index is 12.2. The number of aliphatic carboxylic acids is 2. The van der Waals surface area contributed by atoms with Crippen molar-refractivity contribution in [2.75, 3.05) is 13.2 Å². The van der Waals surface area contributed by atoms with Gasteiger partial charge in [0.15, 0.2) is 13.2 Å². The Morgan fingerprint density at radius 2 is 1.83 bits per heavy atom. The zero-order valence-electron chi connectivity index (χ0n) is 12.7. The molecule has 1 unspecified atom stereocenters. The molecule has 1 heterocycles. The molecule has 1 atom stereocenters. The van der Waals surface area contributed by atoms with Gasteiger partial charge in [0.25, 0.3) is 0 Å². The van der Waals surface area contributed by atoms with Crippen molar-refractivity contribution >= 4 is 17.9 Å². The van der Waals surface area contributed by atoms with Crippen molar-refractivity contribution in [3.05, 3.63) is 34.4 Å². The minimum absolute atomic E-state index is 0.331. The van der Waals surface area contributed by atoms with Gasteiger partial charge in [0.05, 0.1) is 5.57 Å². The molecule has 0 spiro atoms. The van der Waals surface area contributed by atoms with E-state index in [1.807, 2.05) is 0 Å². The zero-order chi connectivity index (χ0) is 17.1. The lowest BCUT2D eigenvalue weighted by atomic mass is 9.87. The van der Waals surface area contributed by atoms with Crippen LogP contribution in [-0.4, -0.2) is 41.3 Å². The van der Waals surface area contributed by atoms with E-state index in [1.54, 1.807) is 19.9 Å². The molecule has 0 bridgehead atoms. The minimum atomic E-state index is -1.23. The van der Waals surface area contributed by atoms with E-state index in [0.29, 0.717) is 29.0 Å². The molecule has 0 radical (unpaired) electrons. The highest BCUT2D eigenvalue weighted by Crippen LogP contribution is 2.42. The summed E-state index contributed by atoms with van der Waals surface area (Å²) >= 11 is 0. The lowest BCUT2D eigenvalue weighted by Gasteiger charge is -2.27. The molecule has 0 saturated carbocycles. The fourth-order valence-electron chi connectivity index (χ4n) is 2.79. The highest BCUT2D eigenvalue weighted by Gasteiger charge is 2.38. The third-order valence-corrected chi connectivity index (χ3v) is 3.58. The van der Waals surface area contributed by atoms with Crippen molar-refractivity contribution < 1.29 is 34.1 Å². The molecule has 8 heteroatoms. The van der Waals surface area contributed by atoms with Gasteiger partial charge in [-0.3, -0.25) is 0 Å². The van der Waals surface area contributed by atoms with Crippen LogP contribution in [0, 0.1) is 5.92 Å². The molecule has 0 aromatic rings. The van der Waals surface area contributed by atoms with Crippen LogP contribution in [0.25, 0.3) is 0 Å². The minimum Gasteiger partial charge on any atom is -0.482 e. The Labute approximate surface area is 132 Å². The van der Waals surface area contributed by atoms with Crippen LogP contribution in [0.3, 0.4) is 0 Å².